The van der Waals surface area contributed by atoms with E-state index in [1.807, 2.05) is 39.8 Å². The monoisotopic (exact) mass is 426 g/mol. The molecule has 1 unspecified atom stereocenters. The van der Waals surface area contributed by atoms with Gasteiger partial charge in [-0.15, -0.1) is 0 Å². The van der Waals surface area contributed by atoms with Crippen molar-refractivity contribution in [1.82, 2.24) is 0 Å². The van der Waals surface area contributed by atoms with E-state index in [-0.39, 0.29) is 24.0 Å². The molecule has 0 spiro atoms. The van der Waals surface area contributed by atoms with E-state index in [1.54, 1.807) is 0 Å². The molecule has 0 aromatic heterocycles. The minimum atomic E-state index is -0.528. The molecule has 2 aromatic rings. The van der Waals surface area contributed by atoms with Gasteiger partial charge in [-0.25, -0.2) is 0 Å². The fourth-order valence-electron chi connectivity index (χ4n) is 3.99. The smallest absolute Gasteiger partial charge is 0.157 e. The van der Waals surface area contributed by atoms with Gasteiger partial charge in [0.05, 0.1) is 6.10 Å². The number of aliphatic hydroxyl groups excluding tert-OH is 1. The fourth-order valence-corrected chi connectivity index (χ4v) is 3.99. The first-order chi connectivity index (χ1) is 14.6. The molecule has 0 radical (unpaired) electrons. The second-order valence-corrected chi connectivity index (χ2v) is 9.42. The molecular formula is C27H38O4. The van der Waals surface area contributed by atoms with Gasteiger partial charge in [-0.3, -0.25) is 4.79 Å². The number of ether oxygens (including phenoxy) is 2. The highest BCUT2D eigenvalue weighted by Crippen LogP contribution is 2.41. The molecule has 4 heteroatoms. The maximum atomic E-state index is 10.6. The largest absolute Gasteiger partial charge is 0.491 e. The molecule has 0 aliphatic heterocycles. The Hall–Kier alpha value is -2.33. The highest BCUT2D eigenvalue weighted by molar-refractivity contribution is 5.52. The predicted molar refractivity (Wildman–Crippen MR) is 126 cm³/mol. The van der Waals surface area contributed by atoms with Gasteiger partial charge in [-0.2, -0.15) is 0 Å². The van der Waals surface area contributed by atoms with Crippen LogP contribution in [0.5, 0.6) is 11.5 Å². The van der Waals surface area contributed by atoms with Crippen molar-refractivity contribution in [2.24, 2.45) is 5.41 Å². The molecule has 0 amide bonds. The Morgan fingerprint density at radius 1 is 0.903 bits per heavy atom. The third-order valence-electron chi connectivity index (χ3n) is 6.37. The summed E-state index contributed by atoms with van der Waals surface area (Å²) in [5, 5.41) is 10.3. The average Bonchev–Trinajstić information content (AvgIpc) is 2.73. The summed E-state index contributed by atoms with van der Waals surface area (Å²) in [5.41, 5.74) is 4.24. The minimum Gasteiger partial charge on any atom is -0.491 e. The van der Waals surface area contributed by atoms with E-state index in [0.717, 1.165) is 41.8 Å². The Labute approximate surface area is 187 Å². The fraction of sp³-hybridized carbons (Fsp3) is 0.519. The molecule has 31 heavy (non-hydrogen) atoms. The molecular weight excluding hydrogens is 388 g/mol. The van der Waals surface area contributed by atoms with Crippen molar-refractivity contribution in [2.45, 2.75) is 72.8 Å². The maximum absolute atomic E-state index is 10.6. The van der Waals surface area contributed by atoms with E-state index in [9.17, 15) is 9.90 Å². The second-order valence-electron chi connectivity index (χ2n) is 9.42. The lowest BCUT2D eigenvalue weighted by molar-refractivity contribution is -0.109. The number of aryl methyl sites for hydroxylation is 2. The third-order valence-corrected chi connectivity index (χ3v) is 6.37. The number of benzene rings is 2. The Balaban J connectivity index is 2.35. The molecule has 0 aliphatic carbocycles. The number of rotatable bonds is 10. The van der Waals surface area contributed by atoms with Crippen molar-refractivity contribution in [2.75, 3.05) is 13.2 Å². The lowest BCUT2D eigenvalue weighted by Crippen LogP contribution is -2.32. The molecule has 0 heterocycles. The lowest BCUT2D eigenvalue weighted by atomic mass is 9.70. The summed E-state index contributed by atoms with van der Waals surface area (Å²) in [6.45, 7) is 14.9. The minimum absolute atomic E-state index is 0.0669. The molecule has 2 rings (SSSR count). The predicted octanol–water partition coefficient (Wildman–Crippen LogP) is 5.77. The summed E-state index contributed by atoms with van der Waals surface area (Å²) in [5.74, 6) is 1.55. The van der Waals surface area contributed by atoms with Crippen LogP contribution in [-0.2, 0) is 10.2 Å². The topological polar surface area (TPSA) is 55.8 Å². The van der Waals surface area contributed by atoms with Gasteiger partial charge in [-0.1, -0.05) is 58.9 Å². The number of hydrogen-bond acceptors (Lipinski definition) is 4. The van der Waals surface area contributed by atoms with Crippen LogP contribution in [0.25, 0.3) is 0 Å². The lowest BCUT2D eigenvalue weighted by Gasteiger charge is -2.34. The van der Waals surface area contributed by atoms with E-state index in [4.69, 9.17) is 9.47 Å². The van der Waals surface area contributed by atoms with Gasteiger partial charge in [-0.05, 0) is 66.5 Å². The van der Waals surface area contributed by atoms with E-state index in [0.29, 0.717) is 0 Å². The van der Waals surface area contributed by atoms with Gasteiger partial charge in [0.15, 0.2) is 6.29 Å². The zero-order valence-electron chi connectivity index (χ0n) is 20.1. The normalized spacial score (nSPS) is 13.0. The van der Waals surface area contributed by atoms with Crippen LogP contribution in [0, 0.1) is 19.3 Å². The van der Waals surface area contributed by atoms with Crippen molar-refractivity contribution >= 4 is 6.29 Å². The van der Waals surface area contributed by atoms with Crippen LogP contribution in [-0.4, -0.2) is 30.7 Å². The first-order valence-electron chi connectivity index (χ1n) is 11.2. The number of carbonyl (C=O) groups excluding carboxylic acids is 1. The summed E-state index contributed by atoms with van der Waals surface area (Å²) >= 11 is 0. The number of hydrogen-bond donors (Lipinski definition) is 1. The first kappa shape index (κ1) is 24.9. The third kappa shape index (κ3) is 5.68. The van der Waals surface area contributed by atoms with Crippen LogP contribution in [0.15, 0.2) is 36.4 Å². The van der Waals surface area contributed by atoms with Crippen LogP contribution in [0.1, 0.15) is 69.7 Å². The van der Waals surface area contributed by atoms with Gasteiger partial charge in [0.1, 0.15) is 24.7 Å². The first-order valence-corrected chi connectivity index (χ1v) is 11.2. The van der Waals surface area contributed by atoms with Gasteiger partial charge < -0.3 is 14.6 Å². The van der Waals surface area contributed by atoms with E-state index in [2.05, 4.69) is 45.0 Å². The van der Waals surface area contributed by atoms with Gasteiger partial charge in [0.2, 0.25) is 0 Å². The Morgan fingerprint density at radius 3 is 1.77 bits per heavy atom. The van der Waals surface area contributed by atoms with Gasteiger partial charge in [0.25, 0.3) is 0 Å². The highest BCUT2D eigenvalue weighted by atomic mass is 16.5. The molecule has 0 fully saturated rings. The zero-order valence-corrected chi connectivity index (χ0v) is 20.1. The number of aldehydes is 1. The summed E-state index contributed by atoms with van der Waals surface area (Å²) in [4.78, 5) is 10.6. The molecule has 0 saturated heterocycles. The van der Waals surface area contributed by atoms with E-state index >= 15 is 0 Å². The van der Waals surface area contributed by atoms with Crippen LogP contribution < -0.4 is 9.47 Å². The van der Waals surface area contributed by atoms with E-state index < -0.39 is 6.10 Å². The summed E-state index contributed by atoms with van der Waals surface area (Å²) in [6.07, 6.45) is 2.15. The summed E-state index contributed by atoms with van der Waals surface area (Å²) < 4.78 is 11.5. The average molecular weight is 427 g/mol. The van der Waals surface area contributed by atoms with Crippen molar-refractivity contribution in [3.05, 3.63) is 58.7 Å². The quantitative estimate of drug-likeness (QED) is 0.490. The summed E-state index contributed by atoms with van der Waals surface area (Å²) in [6, 6.07) is 12.6. The van der Waals surface area contributed by atoms with Crippen molar-refractivity contribution in [3.8, 4) is 11.5 Å². The Morgan fingerprint density at radius 2 is 1.39 bits per heavy atom. The van der Waals surface area contributed by atoms with Gasteiger partial charge >= 0.3 is 0 Å². The number of aliphatic hydroxyl groups is 1. The molecule has 0 aliphatic rings. The van der Waals surface area contributed by atoms with Crippen LogP contribution in [0.2, 0.25) is 0 Å². The van der Waals surface area contributed by atoms with Crippen LogP contribution >= 0.6 is 0 Å². The van der Waals surface area contributed by atoms with Crippen molar-refractivity contribution in [3.63, 3.8) is 0 Å². The molecule has 4 nitrogen and oxygen atoms in total. The molecule has 0 bridgehead atoms. The molecule has 1 N–H and O–H groups in total. The molecule has 1 atom stereocenters. The van der Waals surface area contributed by atoms with Crippen molar-refractivity contribution < 1.29 is 19.4 Å². The Kier molecular flexibility index (Phi) is 8.30. The molecule has 170 valence electrons. The van der Waals surface area contributed by atoms with Crippen LogP contribution in [0.3, 0.4) is 0 Å². The highest BCUT2D eigenvalue weighted by Gasteiger charge is 2.31. The summed E-state index contributed by atoms with van der Waals surface area (Å²) in [7, 11) is 0. The maximum Gasteiger partial charge on any atom is 0.157 e. The van der Waals surface area contributed by atoms with Crippen molar-refractivity contribution in [1.29, 1.82) is 0 Å². The van der Waals surface area contributed by atoms with Gasteiger partial charge in [0, 0.05) is 5.41 Å². The zero-order chi connectivity index (χ0) is 23.2. The Bertz CT molecular complexity index is 875. The van der Waals surface area contributed by atoms with E-state index in [1.165, 1.54) is 11.1 Å². The molecule has 0 saturated carbocycles. The number of carbonyl (C=O) groups is 1. The van der Waals surface area contributed by atoms with Crippen LogP contribution in [0.4, 0.5) is 0 Å². The second kappa shape index (κ2) is 10.3. The molecule has 2 aromatic carbocycles. The standard InChI is InChI=1S/C27H38O4/c1-8-27(9-2,21-10-12-23(19(3)16-21)30-15-14-28)22-11-13-24(20(4)17-22)31-18-25(29)26(5,6)7/h10-14,16-17,25,29H,8-9,15,18H2,1-7H3. The SMILES string of the molecule is CCC(CC)(c1ccc(OCC=O)c(C)c1)c1ccc(OCC(O)C(C)(C)C)c(C)c1.